The summed E-state index contributed by atoms with van der Waals surface area (Å²) in [6.45, 7) is 2.20. The third-order valence-electron chi connectivity index (χ3n) is 4.08. The van der Waals surface area contributed by atoms with E-state index in [1.807, 2.05) is 0 Å². The summed E-state index contributed by atoms with van der Waals surface area (Å²) >= 11 is 0. The van der Waals surface area contributed by atoms with E-state index in [4.69, 9.17) is 0 Å². The van der Waals surface area contributed by atoms with Crippen LogP contribution in [-0.2, 0) is 4.79 Å². The first kappa shape index (κ1) is 16.6. The Morgan fingerprint density at radius 3 is 2.32 bits per heavy atom. The molecule has 0 bridgehead atoms. The summed E-state index contributed by atoms with van der Waals surface area (Å²) in [6.07, 6.45) is 9.76. The van der Waals surface area contributed by atoms with Gasteiger partial charge in [0.05, 0.1) is 0 Å². The van der Waals surface area contributed by atoms with Gasteiger partial charge in [-0.3, -0.25) is 4.79 Å². The van der Waals surface area contributed by atoms with E-state index >= 15 is 0 Å². The van der Waals surface area contributed by atoms with Crippen molar-refractivity contribution in [1.29, 1.82) is 0 Å². The molecule has 112 valence electrons. The van der Waals surface area contributed by atoms with E-state index in [-0.39, 0.29) is 24.5 Å². The Morgan fingerprint density at radius 2 is 1.74 bits per heavy atom. The Morgan fingerprint density at radius 1 is 1.11 bits per heavy atom. The molecule has 1 unspecified atom stereocenters. The van der Waals surface area contributed by atoms with Crippen LogP contribution in [0.4, 0.5) is 8.78 Å². The van der Waals surface area contributed by atoms with Gasteiger partial charge in [-0.2, -0.15) is 0 Å². The molecular formula is C16H28F2O. The minimum atomic E-state index is -2.51. The van der Waals surface area contributed by atoms with Crippen LogP contribution in [0.3, 0.4) is 0 Å². The topological polar surface area (TPSA) is 17.1 Å². The highest BCUT2D eigenvalue weighted by Gasteiger charge is 2.39. The molecular weight excluding hydrogens is 246 g/mol. The number of carbonyl (C=O) groups is 1. The fraction of sp³-hybridized carbons (Fsp3) is 0.938. The van der Waals surface area contributed by atoms with Gasteiger partial charge >= 0.3 is 0 Å². The third-order valence-corrected chi connectivity index (χ3v) is 4.08. The normalized spacial score (nSPS) is 21.7. The van der Waals surface area contributed by atoms with Crippen molar-refractivity contribution < 1.29 is 13.6 Å². The predicted octanol–water partition coefficient (Wildman–Crippen LogP) is 5.52. The summed E-state index contributed by atoms with van der Waals surface area (Å²) in [5, 5.41) is 0. The fourth-order valence-electron chi connectivity index (χ4n) is 2.92. The van der Waals surface area contributed by atoms with Crippen molar-refractivity contribution >= 4 is 5.78 Å². The SMILES string of the molecule is CCCCCCCCCC(=O)CC1CCC(F)(F)C1. The monoisotopic (exact) mass is 274 g/mol. The molecule has 1 aliphatic carbocycles. The van der Waals surface area contributed by atoms with Gasteiger partial charge in [0.25, 0.3) is 0 Å². The average molecular weight is 274 g/mol. The van der Waals surface area contributed by atoms with E-state index in [9.17, 15) is 13.6 Å². The van der Waals surface area contributed by atoms with Crippen LogP contribution in [0.25, 0.3) is 0 Å². The number of Topliss-reactive ketones (excluding diaryl/α,β-unsaturated/α-hetero) is 1. The van der Waals surface area contributed by atoms with Crippen molar-refractivity contribution in [2.75, 3.05) is 0 Å². The van der Waals surface area contributed by atoms with Crippen molar-refractivity contribution in [2.45, 2.75) is 89.9 Å². The van der Waals surface area contributed by atoms with E-state index < -0.39 is 5.92 Å². The molecule has 1 saturated carbocycles. The minimum absolute atomic E-state index is 0.0254. The van der Waals surface area contributed by atoms with Crippen LogP contribution in [0.15, 0.2) is 0 Å². The quantitative estimate of drug-likeness (QED) is 0.479. The van der Waals surface area contributed by atoms with E-state index in [0.717, 1.165) is 12.8 Å². The number of hydrogen-bond donors (Lipinski definition) is 0. The highest BCUT2D eigenvalue weighted by atomic mass is 19.3. The number of ketones is 1. The van der Waals surface area contributed by atoms with Crippen LogP contribution in [0.1, 0.15) is 84.0 Å². The smallest absolute Gasteiger partial charge is 0.248 e. The zero-order valence-electron chi connectivity index (χ0n) is 12.2. The maximum absolute atomic E-state index is 13.0. The highest BCUT2D eigenvalue weighted by Crippen LogP contribution is 2.40. The van der Waals surface area contributed by atoms with Crippen LogP contribution >= 0.6 is 0 Å². The molecule has 0 aromatic carbocycles. The maximum Gasteiger partial charge on any atom is 0.248 e. The van der Waals surface area contributed by atoms with Crippen molar-refractivity contribution in [3.63, 3.8) is 0 Å². The van der Waals surface area contributed by atoms with Gasteiger partial charge in [0.2, 0.25) is 5.92 Å². The Bertz CT molecular complexity index is 263. The molecule has 0 aromatic heterocycles. The molecule has 1 nitrogen and oxygen atoms in total. The van der Waals surface area contributed by atoms with E-state index in [1.54, 1.807) is 0 Å². The van der Waals surface area contributed by atoms with Crippen LogP contribution in [0.2, 0.25) is 0 Å². The zero-order chi connectivity index (χ0) is 14.1. The maximum atomic E-state index is 13.0. The second kappa shape index (κ2) is 8.65. The van der Waals surface area contributed by atoms with E-state index in [1.165, 1.54) is 32.1 Å². The Labute approximate surface area is 116 Å². The largest absolute Gasteiger partial charge is 0.300 e. The van der Waals surface area contributed by atoms with Crippen LogP contribution in [-0.4, -0.2) is 11.7 Å². The van der Waals surface area contributed by atoms with Crippen molar-refractivity contribution in [1.82, 2.24) is 0 Å². The predicted molar refractivity (Wildman–Crippen MR) is 74.5 cm³/mol. The number of alkyl halides is 2. The summed E-state index contributed by atoms with van der Waals surface area (Å²) in [5.74, 6) is -2.38. The lowest BCUT2D eigenvalue weighted by molar-refractivity contribution is -0.120. The van der Waals surface area contributed by atoms with Gasteiger partial charge in [-0.1, -0.05) is 45.4 Å². The molecule has 0 saturated heterocycles. The number of halogens is 2. The van der Waals surface area contributed by atoms with Gasteiger partial charge in [-0.15, -0.1) is 0 Å². The Balaban J connectivity index is 1.97. The summed E-state index contributed by atoms with van der Waals surface area (Å²) in [7, 11) is 0. The molecule has 0 amide bonds. The average Bonchev–Trinajstić information content (AvgIpc) is 2.67. The first-order valence-corrected chi connectivity index (χ1v) is 7.93. The molecule has 0 aliphatic heterocycles. The number of carbonyl (C=O) groups excluding carboxylic acids is 1. The molecule has 0 aromatic rings. The van der Waals surface area contributed by atoms with Crippen LogP contribution in [0.5, 0.6) is 0 Å². The van der Waals surface area contributed by atoms with Gasteiger partial charge < -0.3 is 0 Å². The molecule has 0 spiro atoms. The van der Waals surface area contributed by atoms with E-state index in [0.29, 0.717) is 19.3 Å². The number of hydrogen-bond acceptors (Lipinski definition) is 1. The standard InChI is InChI=1S/C16H28F2O/c1-2-3-4-5-6-7-8-9-15(19)12-14-10-11-16(17,18)13-14/h14H,2-13H2,1H3. The third kappa shape index (κ3) is 7.64. The summed E-state index contributed by atoms with van der Waals surface area (Å²) in [6, 6.07) is 0. The van der Waals surface area contributed by atoms with Crippen molar-refractivity contribution in [3.05, 3.63) is 0 Å². The van der Waals surface area contributed by atoms with Gasteiger partial charge in [-0.25, -0.2) is 8.78 Å². The first-order chi connectivity index (χ1) is 9.03. The molecule has 1 fully saturated rings. The molecule has 3 heteroatoms. The summed E-state index contributed by atoms with van der Waals surface area (Å²) in [4.78, 5) is 11.7. The molecule has 1 atom stereocenters. The highest BCUT2D eigenvalue weighted by molar-refractivity contribution is 5.78. The Hall–Kier alpha value is -0.470. The molecule has 1 rings (SSSR count). The fourth-order valence-corrected chi connectivity index (χ4v) is 2.92. The molecule has 0 radical (unpaired) electrons. The molecule has 1 aliphatic rings. The lowest BCUT2D eigenvalue weighted by Crippen LogP contribution is -2.11. The summed E-state index contributed by atoms with van der Waals surface area (Å²) < 4.78 is 26.0. The van der Waals surface area contributed by atoms with Crippen molar-refractivity contribution in [3.8, 4) is 0 Å². The second-order valence-corrected chi connectivity index (χ2v) is 6.08. The lowest BCUT2D eigenvalue weighted by atomic mass is 9.97. The Kier molecular flexibility index (Phi) is 7.55. The van der Waals surface area contributed by atoms with Gasteiger partial charge in [0.15, 0.2) is 0 Å². The van der Waals surface area contributed by atoms with Crippen LogP contribution in [0, 0.1) is 5.92 Å². The number of unbranched alkanes of at least 4 members (excludes halogenated alkanes) is 6. The lowest BCUT2D eigenvalue weighted by Gasteiger charge is -2.09. The molecule has 0 heterocycles. The van der Waals surface area contributed by atoms with Gasteiger partial charge in [0, 0.05) is 25.7 Å². The molecule has 19 heavy (non-hydrogen) atoms. The summed E-state index contributed by atoms with van der Waals surface area (Å²) in [5.41, 5.74) is 0. The van der Waals surface area contributed by atoms with Crippen LogP contribution < -0.4 is 0 Å². The molecule has 0 N–H and O–H groups in total. The van der Waals surface area contributed by atoms with E-state index in [2.05, 4.69) is 6.92 Å². The zero-order valence-corrected chi connectivity index (χ0v) is 12.2. The minimum Gasteiger partial charge on any atom is -0.300 e. The second-order valence-electron chi connectivity index (χ2n) is 6.08. The number of rotatable bonds is 10. The van der Waals surface area contributed by atoms with Crippen molar-refractivity contribution in [2.24, 2.45) is 5.92 Å². The van der Waals surface area contributed by atoms with Gasteiger partial charge in [0.1, 0.15) is 5.78 Å². The first-order valence-electron chi connectivity index (χ1n) is 7.93. The van der Waals surface area contributed by atoms with Gasteiger partial charge in [-0.05, 0) is 18.8 Å².